The van der Waals surface area contributed by atoms with Gasteiger partial charge >= 0.3 is 12.5 Å². The van der Waals surface area contributed by atoms with Crippen LogP contribution in [0.4, 0.5) is 13.2 Å². The standard InChI is InChI=1S/C6H7F3O2/c1-3-10-5(7)6(8,9)11-4-2/h3-5H,1-2H2. The molecule has 0 aromatic carbocycles. The summed E-state index contributed by atoms with van der Waals surface area (Å²) in [7, 11) is 0. The van der Waals surface area contributed by atoms with Crippen molar-refractivity contribution in [3.63, 3.8) is 0 Å². The second-order valence-electron chi connectivity index (χ2n) is 1.47. The molecule has 11 heavy (non-hydrogen) atoms. The molecule has 0 heterocycles. The van der Waals surface area contributed by atoms with Crippen LogP contribution in [-0.2, 0) is 9.47 Å². The zero-order valence-electron chi connectivity index (χ0n) is 5.60. The maximum Gasteiger partial charge on any atom is 0.467 e. The van der Waals surface area contributed by atoms with Crippen LogP contribution in [0.25, 0.3) is 0 Å². The van der Waals surface area contributed by atoms with E-state index in [1.54, 1.807) is 0 Å². The summed E-state index contributed by atoms with van der Waals surface area (Å²) in [6.07, 6.45) is -5.89. The van der Waals surface area contributed by atoms with Crippen molar-refractivity contribution in [2.75, 3.05) is 0 Å². The summed E-state index contributed by atoms with van der Waals surface area (Å²) in [5.41, 5.74) is 0. The van der Waals surface area contributed by atoms with Crippen LogP contribution in [0, 0.1) is 0 Å². The van der Waals surface area contributed by atoms with E-state index in [-0.39, 0.29) is 0 Å². The first kappa shape index (κ1) is 9.87. The number of alkyl halides is 3. The SMILES string of the molecule is C=COC(F)C(F)(F)OC=C. The Morgan fingerprint density at radius 3 is 2.18 bits per heavy atom. The molecule has 0 aliphatic heterocycles. The molecule has 0 bridgehead atoms. The fourth-order valence-corrected chi connectivity index (χ4v) is 0.328. The van der Waals surface area contributed by atoms with Crippen molar-refractivity contribution >= 4 is 0 Å². The Morgan fingerprint density at radius 1 is 1.27 bits per heavy atom. The van der Waals surface area contributed by atoms with Crippen molar-refractivity contribution in [1.82, 2.24) is 0 Å². The van der Waals surface area contributed by atoms with Gasteiger partial charge < -0.3 is 9.47 Å². The van der Waals surface area contributed by atoms with Crippen molar-refractivity contribution in [2.24, 2.45) is 0 Å². The molecule has 0 radical (unpaired) electrons. The van der Waals surface area contributed by atoms with Crippen molar-refractivity contribution in [3.8, 4) is 0 Å². The Labute approximate surface area is 61.9 Å². The summed E-state index contributed by atoms with van der Waals surface area (Å²) >= 11 is 0. The Bertz CT molecular complexity index is 147. The van der Waals surface area contributed by atoms with Gasteiger partial charge in [-0.25, -0.2) is 0 Å². The van der Waals surface area contributed by atoms with Crippen molar-refractivity contribution in [3.05, 3.63) is 25.7 Å². The lowest BCUT2D eigenvalue weighted by Gasteiger charge is -2.17. The zero-order valence-corrected chi connectivity index (χ0v) is 5.60. The highest BCUT2D eigenvalue weighted by Gasteiger charge is 2.43. The van der Waals surface area contributed by atoms with E-state index in [0.717, 1.165) is 0 Å². The predicted molar refractivity (Wildman–Crippen MR) is 32.4 cm³/mol. The third-order valence-corrected chi connectivity index (χ3v) is 0.720. The van der Waals surface area contributed by atoms with Gasteiger partial charge in [0.2, 0.25) is 0 Å². The number of ether oxygens (including phenoxy) is 2. The van der Waals surface area contributed by atoms with Crippen molar-refractivity contribution < 1.29 is 22.6 Å². The molecule has 0 aliphatic carbocycles. The second-order valence-corrected chi connectivity index (χ2v) is 1.47. The number of hydrogen-bond acceptors (Lipinski definition) is 2. The molecule has 5 heteroatoms. The highest BCUT2D eigenvalue weighted by atomic mass is 19.3. The largest absolute Gasteiger partial charge is 0.467 e. The van der Waals surface area contributed by atoms with Gasteiger partial charge in [-0.1, -0.05) is 13.2 Å². The number of rotatable bonds is 5. The smallest absolute Gasteiger partial charge is 0.460 e. The minimum atomic E-state index is -4.02. The topological polar surface area (TPSA) is 18.5 Å². The Kier molecular flexibility index (Phi) is 3.50. The highest BCUT2D eigenvalue weighted by Crippen LogP contribution is 2.24. The third-order valence-electron chi connectivity index (χ3n) is 0.720. The fourth-order valence-electron chi connectivity index (χ4n) is 0.328. The summed E-state index contributed by atoms with van der Waals surface area (Å²) in [5, 5.41) is 0. The van der Waals surface area contributed by atoms with Crippen LogP contribution >= 0.6 is 0 Å². The average molecular weight is 168 g/mol. The zero-order chi connectivity index (χ0) is 8.91. The van der Waals surface area contributed by atoms with Crippen LogP contribution < -0.4 is 0 Å². The molecule has 2 nitrogen and oxygen atoms in total. The minimum absolute atomic E-state index is 0.430. The van der Waals surface area contributed by atoms with E-state index in [1.165, 1.54) is 0 Å². The summed E-state index contributed by atoms with van der Waals surface area (Å²) in [6, 6.07) is 0. The van der Waals surface area contributed by atoms with E-state index in [2.05, 4.69) is 22.6 Å². The first-order valence-corrected chi connectivity index (χ1v) is 2.61. The van der Waals surface area contributed by atoms with E-state index in [4.69, 9.17) is 0 Å². The van der Waals surface area contributed by atoms with Gasteiger partial charge in [0.05, 0.1) is 12.5 Å². The Hall–Kier alpha value is -1.13. The first-order chi connectivity index (χ1) is 5.04. The van der Waals surface area contributed by atoms with Gasteiger partial charge in [-0.2, -0.15) is 13.2 Å². The third kappa shape index (κ3) is 2.97. The van der Waals surface area contributed by atoms with Crippen LogP contribution in [0.15, 0.2) is 25.7 Å². The van der Waals surface area contributed by atoms with Gasteiger partial charge in [-0.05, 0) is 0 Å². The predicted octanol–water partition coefficient (Wildman–Crippen LogP) is 2.20. The molecule has 1 unspecified atom stereocenters. The quantitative estimate of drug-likeness (QED) is 0.586. The molecule has 0 aromatic rings. The van der Waals surface area contributed by atoms with Gasteiger partial charge in [0.15, 0.2) is 0 Å². The van der Waals surface area contributed by atoms with E-state index in [0.29, 0.717) is 12.5 Å². The lowest BCUT2D eigenvalue weighted by molar-refractivity contribution is -0.296. The molecule has 0 N–H and O–H groups in total. The summed E-state index contributed by atoms with van der Waals surface area (Å²) in [5.74, 6) is 0. The molecular weight excluding hydrogens is 161 g/mol. The molecule has 0 rings (SSSR count). The van der Waals surface area contributed by atoms with Gasteiger partial charge in [0.25, 0.3) is 0 Å². The van der Waals surface area contributed by atoms with Crippen LogP contribution in [0.5, 0.6) is 0 Å². The lowest BCUT2D eigenvalue weighted by atomic mass is 10.6. The minimum Gasteiger partial charge on any atom is -0.460 e. The molecule has 0 spiro atoms. The molecule has 0 aromatic heterocycles. The van der Waals surface area contributed by atoms with Crippen molar-refractivity contribution in [1.29, 1.82) is 0 Å². The maximum absolute atomic E-state index is 12.2. The lowest BCUT2D eigenvalue weighted by Crippen LogP contribution is -2.32. The Morgan fingerprint density at radius 2 is 1.82 bits per heavy atom. The van der Waals surface area contributed by atoms with E-state index < -0.39 is 12.5 Å². The normalized spacial score (nSPS) is 13.4. The van der Waals surface area contributed by atoms with Crippen molar-refractivity contribution in [2.45, 2.75) is 12.5 Å². The molecule has 1 atom stereocenters. The van der Waals surface area contributed by atoms with Crippen LogP contribution in [0.2, 0.25) is 0 Å². The van der Waals surface area contributed by atoms with Gasteiger partial charge in [0, 0.05) is 0 Å². The molecule has 0 fully saturated rings. The van der Waals surface area contributed by atoms with Gasteiger partial charge in [-0.15, -0.1) is 0 Å². The summed E-state index contributed by atoms with van der Waals surface area (Å²) in [4.78, 5) is 0. The monoisotopic (exact) mass is 168 g/mol. The number of halogens is 3. The maximum atomic E-state index is 12.2. The Balaban J connectivity index is 4.03. The fraction of sp³-hybridized carbons (Fsp3) is 0.333. The molecule has 0 saturated carbocycles. The van der Waals surface area contributed by atoms with E-state index in [1.807, 2.05) is 0 Å². The van der Waals surface area contributed by atoms with Gasteiger partial charge in [0.1, 0.15) is 0 Å². The second kappa shape index (κ2) is 3.90. The van der Waals surface area contributed by atoms with E-state index in [9.17, 15) is 13.2 Å². The first-order valence-electron chi connectivity index (χ1n) is 2.61. The molecule has 0 amide bonds. The molecule has 0 saturated heterocycles. The summed E-state index contributed by atoms with van der Waals surface area (Å²) < 4.78 is 43.7. The van der Waals surface area contributed by atoms with Gasteiger partial charge in [-0.3, -0.25) is 0 Å². The van der Waals surface area contributed by atoms with Crippen LogP contribution in [-0.4, -0.2) is 12.5 Å². The van der Waals surface area contributed by atoms with Crippen LogP contribution in [0.3, 0.4) is 0 Å². The number of hydrogen-bond donors (Lipinski definition) is 0. The molecule has 0 aliphatic rings. The highest BCUT2D eigenvalue weighted by molar-refractivity contribution is 4.65. The average Bonchev–Trinajstić information content (AvgIpc) is 1.88. The van der Waals surface area contributed by atoms with Crippen LogP contribution in [0.1, 0.15) is 0 Å². The summed E-state index contributed by atoms with van der Waals surface area (Å²) in [6.45, 7) is 5.74. The molecular formula is C6H7F3O2. The molecule has 64 valence electrons. The van der Waals surface area contributed by atoms with E-state index >= 15 is 0 Å².